The number of aromatic nitrogens is 2. The van der Waals surface area contributed by atoms with Gasteiger partial charge in [0.25, 0.3) is 11.8 Å². The number of amides is 4. The van der Waals surface area contributed by atoms with Crippen molar-refractivity contribution in [3.8, 4) is 0 Å². The number of nitrogens with zero attached hydrogens (tertiary/aromatic N) is 3. The number of nitrogens with one attached hydrogen (secondary N) is 3. The van der Waals surface area contributed by atoms with Crippen LogP contribution in [0.1, 0.15) is 122 Å². The molecular weight excluding hydrogens is 624 g/mol. The maximum atomic E-state index is 14.7. The minimum atomic E-state index is -0.970. The van der Waals surface area contributed by atoms with Crippen molar-refractivity contribution in [3.05, 3.63) is 24.3 Å². The molecule has 5 rings (SSSR count). The number of carbonyl (C=O) groups is 6. The van der Waals surface area contributed by atoms with Crippen molar-refractivity contribution >= 4 is 35.2 Å². The number of likely N-dealkylation sites (tertiary alicyclic amines) is 1. The van der Waals surface area contributed by atoms with Crippen molar-refractivity contribution in [2.75, 3.05) is 6.54 Å². The molecule has 5 unspecified atom stereocenters. The van der Waals surface area contributed by atoms with Crippen LogP contribution in [0, 0.1) is 29.1 Å². The second-order valence-electron chi connectivity index (χ2n) is 15.8. The predicted octanol–water partition coefficient (Wildman–Crippen LogP) is 3.54. The smallest absolute Gasteiger partial charge is 0.289 e. The van der Waals surface area contributed by atoms with Gasteiger partial charge in [-0.1, -0.05) is 59.8 Å². The number of rotatable bonds is 14. The third-order valence-corrected chi connectivity index (χ3v) is 11.1. The Morgan fingerprint density at radius 1 is 0.918 bits per heavy atom. The van der Waals surface area contributed by atoms with Crippen molar-refractivity contribution < 1.29 is 28.8 Å². The van der Waals surface area contributed by atoms with Crippen LogP contribution < -0.4 is 16.0 Å². The van der Waals surface area contributed by atoms with Gasteiger partial charge in [0.2, 0.25) is 17.6 Å². The Morgan fingerprint density at radius 3 is 2.29 bits per heavy atom. The van der Waals surface area contributed by atoms with Crippen molar-refractivity contribution in [1.82, 2.24) is 30.8 Å². The Morgan fingerprint density at radius 2 is 1.65 bits per heavy atom. The summed E-state index contributed by atoms with van der Waals surface area (Å²) in [5.41, 5.74) is -0.499. The average Bonchev–Trinajstić information content (AvgIpc) is 3.65. The molecule has 4 aliphatic rings. The van der Waals surface area contributed by atoms with Crippen LogP contribution in [0.25, 0.3) is 0 Å². The van der Waals surface area contributed by atoms with Crippen LogP contribution in [0.3, 0.4) is 0 Å². The summed E-state index contributed by atoms with van der Waals surface area (Å²) in [7, 11) is 0. The van der Waals surface area contributed by atoms with Crippen LogP contribution in [0.15, 0.2) is 18.6 Å². The summed E-state index contributed by atoms with van der Waals surface area (Å²) in [6.45, 7) is 8.09. The summed E-state index contributed by atoms with van der Waals surface area (Å²) in [6.07, 6.45) is 14.1. The minimum absolute atomic E-state index is 0.0201. The quantitative estimate of drug-likeness (QED) is 0.251. The Labute approximate surface area is 289 Å². The van der Waals surface area contributed by atoms with Crippen LogP contribution >= 0.6 is 0 Å². The number of fused-ring (bicyclic) bond motifs is 1. The Balaban J connectivity index is 1.36. The molecule has 1 aliphatic heterocycles. The lowest BCUT2D eigenvalue weighted by Gasteiger charge is -2.37. The van der Waals surface area contributed by atoms with Gasteiger partial charge >= 0.3 is 0 Å². The molecule has 1 aromatic heterocycles. The van der Waals surface area contributed by atoms with Crippen molar-refractivity contribution in [1.29, 1.82) is 0 Å². The topological polar surface area (TPSA) is 168 Å². The maximum absolute atomic E-state index is 14.7. The number of Topliss-reactive ketones (excluding diaryl/α,β-unsaturated/α-hetero) is 2. The standard InChI is InChI=1S/C37H54N6O6/c1-5-10-27(32(45)35(48)40-24-15-16-24)41-34(47)31-25-14-9-13-23(25)21-43(31)36(49)26(37(2,3)4)19-29(44)30(22-11-7-6-8-12-22)42-33(46)28-20-38-17-18-39-28/h17-18,20,22-27,30-31H,5-16,19,21H2,1-4H3,(H,40,48)(H,41,47)(H,42,46)/t23?,25?,26?,27-,30?,31?/m0/s1. The molecule has 6 atom stereocenters. The van der Waals surface area contributed by atoms with Gasteiger partial charge in [0.05, 0.1) is 18.3 Å². The van der Waals surface area contributed by atoms with Crippen LogP contribution in [-0.2, 0) is 24.0 Å². The Bertz CT molecular complexity index is 1390. The number of hydrogen-bond donors (Lipinski definition) is 3. The van der Waals surface area contributed by atoms with Gasteiger partial charge in [-0.2, -0.15) is 0 Å². The molecule has 0 aromatic carbocycles. The summed E-state index contributed by atoms with van der Waals surface area (Å²) in [6, 6.07) is -2.51. The largest absolute Gasteiger partial charge is 0.347 e. The summed E-state index contributed by atoms with van der Waals surface area (Å²) < 4.78 is 0. The Hall–Kier alpha value is -3.70. The fourth-order valence-electron chi connectivity index (χ4n) is 8.18. The summed E-state index contributed by atoms with van der Waals surface area (Å²) in [5, 5.41) is 8.57. The summed E-state index contributed by atoms with van der Waals surface area (Å²) in [4.78, 5) is 91.7. The number of carbonyl (C=O) groups excluding carboxylic acids is 6. The molecule has 4 fully saturated rings. The Kier molecular flexibility index (Phi) is 11.9. The van der Waals surface area contributed by atoms with E-state index in [0.717, 1.165) is 64.2 Å². The van der Waals surface area contributed by atoms with E-state index in [0.29, 0.717) is 19.4 Å². The second-order valence-corrected chi connectivity index (χ2v) is 15.8. The molecule has 0 spiro atoms. The zero-order chi connectivity index (χ0) is 35.3. The molecular formula is C37H54N6O6. The lowest BCUT2D eigenvalue weighted by Crippen LogP contribution is -2.56. The van der Waals surface area contributed by atoms with Gasteiger partial charge in [0.1, 0.15) is 11.7 Å². The van der Waals surface area contributed by atoms with Gasteiger partial charge in [0.15, 0.2) is 5.78 Å². The zero-order valence-corrected chi connectivity index (χ0v) is 29.5. The van der Waals surface area contributed by atoms with E-state index in [9.17, 15) is 28.8 Å². The van der Waals surface area contributed by atoms with Gasteiger partial charge in [-0.25, -0.2) is 4.98 Å². The lowest BCUT2D eigenvalue weighted by molar-refractivity contribution is -0.148. The molecule has 12 nitrogen and oxygen atoms in total. The highest BCUT2D eigenvalue weighted by Crippen LogP contribution is 2.44. The lowest BCUT2D eigenvalue weighted by atomic mass is 9.74. The molecule has 3 saturated carbocycles. The first kappa shape index (κ1) is 36.6. The highest BCUT2D eigenvalue weighted by atomic mass is 16.2. The van der Waals surface area contributed by atoms with E-state index in [-0.39, 0.29) is 47.6 Å². The van der Waals surface area contributed by atoms with Crippen molar-refractivity contribution in [2.24, 2.45) is 29.1 Å². The van der Waals surface area contributed by atoms with E-state index < -0.39 is 53.0 Å². The fourth-order valence-corrected chi connectivity index (χ4v) is 8.18. The monoisotopic (exact) mass is 678 g/mol. The average molecular weight is 679 g/mol. The number of ketones is 2. The normalized spacial score (nSPS) is 24.3. The summed E-state index contributed by atoms with van der Waals surface area (Å²) >= 11 is 0. The van der Waals surface area contributed by atoms with Crippen LogP contribution in [0.2, 0.25) is 0 Å². The van der Waals surface area contributed by atoms with Crippen LogP contribution in [0.5, 0.6) is 0 Å². The van der Waals surface area contributed by atoms with E-state index in [1.54, 1.807) is 4.90 Å². The highest BCUT2D eigenvalue weighted by molar-refractivity contribution is 6.38. The van der Waals surface area contributed by atoms with Gasteiger partial charge < -0.3 is 20.9 Å². The maximum Gasteiger partial charge on any atom is 0.289 e. The van der Waals surface area contributed by atoms with E-state index in [1.165, 1.54) is 18.6 Å². The molecule has 3 aliphatic carbocycles. The highest BCUT2D eigenvalue weighted by Gasteiger charge is 2.52. The van der Waals surface area contributed by atoms with Crippen molar-refractivity contribution in [2.45, 2.75) is 135 Å². The van der Waals surface area contributed by atoms with E-state index in [1.807, 2.05) is 27.7 Å². The van der Waals surface area contributed by atoms with Crippen LogP contribution in [0.4, 0.5) is 0 Å². The zero-order valence-electron chi connectivity index (χ0n) is 29.5. The molecule has 4 amide bonds. The molecule has 1 aromatic rings. The van der Waals surface area contributed by atoms with Gasteiger partial charge in [-0.05, 0) is 68.1 Å². The minimum Gasteiger partial charge on any atom is -0.347 e. The van der Waals surface area contributed by atoms with Gasteiger partial charge in [0, 0.05) is 37.3 Å². The first-order valence-electron chi connectivity index (χ1n) is 18.4. The molecule has 49 heavy (non-hydrogen) atoms. The number of hydrogen-bond acceptors (Lipinski definition) is 8. The van der Waals surface area contributed by atoms with E-state index in [4.69, 9.17) is 0 Å². The molecule has 2 heterocycles. The van der Waals surface area contributed by atoms with Gasteiger partial charge in [-0.15, -0.1) is 0 Å². The second kappa shape index (κ2) is 15.9. The third kappa shape index (κ3) is 8.91. The van der Waals surface area contributed by atoms with Crippen LogP contribution in [-0.4, -0.2) is 80.8 Å². The molecule has 12 heteroatoms. The fraction of sp³-hybridized carbons (Fsp3) is 0.730. The van der Waals surface area contributed by atoms with E-state index >= 15 is 0 Å². The molecule has 3 N–H and O–H groups in total. The predicted molar refractivity (Wildman–Crippen MR) is 182 cm³/mol. The van der Waals surface area contributed by atoms with E-state index in [2.05, 4.69) is 25.9 Å². The third-order valence-electron chi connectivity index (χ3n) is 11.1. The molecule has 0 bridgehead atoms. The summed E-state index contributed by atoms with van der Waals surface area (Å²) in [5.74, 6) is -3.38. The van der Waals surface area contributed by atoms with Crippen molar-refractivity contribution in [3.63, 3.8) is 0 Å². The molecule has 1 saturated heterocycles. The first-order chi connectivity index (χ1) is 23.4. The van der Waals surface area contributed by atoms with Gasteiger partial charge in [-0.3, -0.25) is 33.8 Å². The first-order valence-corrected chi connectivity index (χ1v) is 18.4. The molecule has 0 radical (unpaired) electrons. The SMILES string of the molecule is CCC[C@H](NC(=O)C1C2CCCC2CN1C(=O)C(CC(=O)C(NC(=O)c1cnccn1)C1CCCCC1)C(C)(C)C)C(=O)C(=O)NC1CC1. The molecule has 268 valence electrons.